The Morgan fingerprint density at radius 2 is 2.25 bits per heavy atom. The van der Waals surface area contributed by atoms with Crippen LogP contribution < -0.4 is 0 Å². The number of hydrogen-bond donors (Lipinski definition) is 0. The molecule has 1 heteroatoms. The molecule has 0 spiro atoms. The first-order valence-electron chi connectivity index (χ1n) is 3.00. The Morgan fingerprint density at radius 3 is 2.62 bits per heavy atom. The molecule has 0 aliphatic carbocycles. The highest BCUT2D eigenvalue weighted by Gasteiger charge is 1.86. The van der Waals surface area contributed by atoms with Crippen molar-refractivity contribution in [1.29, 1.82) is 0 Å². The van der Waals surface area contributed by atoms with Crippen LogP contribution in [0.25, 0.3) is 0 Å². The maximum Gasteiger partial charge on any atom is 0.0723 e. The number of methoxy groups -OCH3 is 1. The smallest absolute Gasteiger partial charge is 0.0723 e. The van der Waals surface area contributed by atoms with Crippen molar-refractivity contribution in [2.24, 2.45) is 0 Å². The van der Waals surface area contributed by atoms with Gasteiger partial charge in [0.25, 0.3) is 0 Å². The maximum absolute atomic E-state index is 4.97. The molecule has 48 valence electrons. The molecule has 0 N–H and O–H groups in total. The molecule has 0 aliphatic heterocycles. The monoisotopic (exact) mass is 114 g/mol. The van der Waals surface area contributed by atoms with Gasteiger partial charge in [0.1, 0.15) is 0 Å². The summed E-state index contributed by atoms with van der Waals surface area (Å²) >= 11 is 0. The standard InChI is InChI=1S/C7H14O/c1-4-5-6-7(2)8-3/h5-7H,4H2,1-3H3/b6-5+/t7-/m0/s1. The van der Waals surface area contributed by atoms with Crippen molar-refractivity contribution >= 4 is 0 Å². The van der Waals surface area contributed by atoms with E-state index in [1.165, 1.54) is 0 Å². The third kappa shape index (κ3) is 3.88. The Morgan fingerprint density at radius 1 is 1.62 bits per heavy atom. The topological polar surface area (TPSA) is 9.23 Å². The number of ether oxygens (including phenoxy) is 1. The summed E-state index contributed by atoms with van der Waals surface area (Å²) in [5, 5.41) is 0. The third-order valence-corrected chi connectivity index (χ3v) is 1.01. The van der Waals surface area contributed by atoms with Crippen molar-refractivity contribution in [2.75, 3.05) is 7.11 Å². The van der Waals surface area contributed by atoms with Gasteiger partial charge in [-0.3, -0.25) is 0 Å². The summed E-state index contributed by atoms with van der Waals surface area (Å²) in [5.41, 5.74) is 0. The quantitative estimate of drug-likeness (QED) is 0.510. The van der Waals surface area contributed by atoms with Gasteiger partial charge in [-0.2, -0.15) is 0 Å². The fourth-order valence-electron chi connectivity index (χ4n) is 0.406. The predicted octanol–water partition coefficient (Wildman–Crippen LogP) is 1.99. The minimum atomic E-state index is 0.273. The number of allylic oxidation sites excluding steroid dienone is 1. The fraction of sp³-hybridized carbons (Fsp3) is 0.714. The highest BCUT2D eigenvalue weighted by atomic mass is 16.5. The Balaban J connectivity index is 3.21. The summed E-state index contributed by atoms with van der Waals surface area (Å²) in [6.07, 6.45) is 5.52. The van der Waals surface area contributed by atoms with Gasteiger partial charge in [0.2, 0.25) is 0 Å². The zero-order valence-corrected chi connectivity index (χ0v) is 5.85. The van der Waals surface area contributed by atoms with E-state index in [-0.39, 0.29) is 6.10 Å². The molecule has 0 radical (unpaired) electrons. The van der Waals surface area contributed by atoms with Gasteiger partial charge in [0.05, 0.1) is 6.10 Å². The van der Waals surface area contributed by atoms with Gasteiger partial charge in [-0.1, -0.05) is 19.1 Å². The number of hydrogen-bond acceptors (Lipinski definition) is 1. The molecule has 1 atom stereocenters. The molecule has 0 unspecified atom stereocenters. The van der Waals surface area contributed by atoms with Crippen LogP contribution in [0.15, 0.2) is 12.2 Å². The van der Waals surface area contributed by atoms with Crippen molar-refractivity contribution in [1.82, 2.24) is 0 Å². The summed E-state index contributed by atoms with van der Waals surface area (Å²) < 4.78 is 4.97. The molecule has 0 saturated carbocycles. The Hall–Kier alpha value is -0.300. The van der Waals surface area contributed by atoms with Crippen LogP contribution in [0.5, 0.6) is 0 Å². The molecule has 0 heterocycles. The van der Waals surface area contributed by atoms with E-state index in [0.717, 1.165) is 6.42 Å². The van der Waals surface area contributed by atoms with E-state index < -0.39 is 0 Å². The van der Waals surface area contributed by atoms with Crippen molar-refractivity contribution < 1.29 is 4.74 Å². The van der Waals surface area contributed by atoms with E-state index in [1.54, 1.807) is 7.11 Å². The van der Waals surface area contributed by atoms with E-state index in [1.807, 2.05) is 6.92 Å². The molecule has 0 aliphatic rings. The molecule has 0 saturated heterocycles. The molecule has 0 bridgehead atoms. The van der Waals surface area contributed by atoms with Crippen molar-refractivity contribution in [3.05, 3.63) is 12.2 Å². The SMILES string of the molecule is CC/C=C/[C@H](C)OC. The summed E-state index contributed by atoms with van der Waals surface area (Å²) in [5.74, 6) is 0. The molecule has 0 rings (SSSR count). The first-order chi connectivity index (χ1) is 3.81. The molecule has 8 heavy (non-hydrogen) atoms. The molecule has 0 aromatic carbocycles. The average molecular weight is 114 g/mol. The zero-order chi connectivity index (χ0) is 6.41. The Kier molecular flexibility index (Phi) is 4.67. The molecular formula is C7H14O. The van der Waals surface area contributed by atoms with Gasteiger partial charge in [0, 0.05) is 7.11 Å². The lowest BCUT2D eigenvalue weighted by Gasteiger charge is -1.99. The van der Waals surface area contributed by atoms with Crippen molar-refractivity contribution in [3.63, 3.8) is 0 Å². The van der Waals surface area contributed by atoms with E-state index >= 15 is 0 Å². The van der Waals surface area contributed by atoms with Gasteiger partial charge < -0.3 is 4.74 Å². The second-order valence-corrected chi connectivity index (χ2v) is 1.78. The first-order valence-corrected chi connectivity index (χ1v) is 3.00. The Labute approximate surface area is 51.4 Å². The minimum absolute atomic E-state index is 0.273. The first kappa shape index (κ1) is 7.70. The molecule has 0 amide bonds. The van der Waals surface area contributed by atoms with Crippen LogP contribution in [0, 0.1) is 0 Å². The average Bonchev–Trinajstić information content (AvgIpc) is 1.83. The van der Waals surface area contributed by atoms with Crippen LogP contribution in [0.4, 0.5) is 0 Å². The minimum Gasteiger partial charge on any atom is -0.378 e. The van der Waals surface area contributed by atoms with Crippen LogP contribution in [-0.4, -0.2) is 13.2 Å². The van der Waals surface area contributed by atoms with Gasteiger partial charge in [-0.15, -0.1) is 0 Å². The summed E-state index contributed by atoms with van der Waals surface area (Å²) in [4.78, 5) is 0. The van der Waals surface area contributed by atoms with E-state index in [9.17, 15) is 0 Å². The van der Waals surface area contributed by atoms with Gasteiger partial charge >= 0.3 is 0 Å². The Bertz CT molecular complexity index is 66.8. The van der Waals surface area contributed by atoms with Gasteiger partial charge in [0.15, 0.2) is 0 Å². The van der Waals surface area contributed by atoms with Crippen LogP contribution in [-0.2, 0) is 4.74 Å². The van der Waals surface area contributed by atoms with Gasteiger partial charge in [-0.05, 0) is 13.3 Å². The third-order valence-electron chi connectivity index (χ3n) is 1.01. The molecule has 0 aromatic rings. The van der Waals surface area contributed by atoms with Crippen LogP contribution >= 0.6 is 0 Å². The molecule has 1 nitrogen and oxygen atoms in total. The predicted molar refractivity (Wildman–Crippen MR) is 35.9 cm³/mol. The second kappa shape index (κ2) is 4.85. The summed E-state index contributed by atoms with van der Waals surface area (Å²) in [6.45, 7) is 4.13. The normalized spacial score (nSPS) is 14.9. The van der Waals surface area contributed by atoms with Crippen molar-refractivity contribution in [3.8, 4) is 0 Å². The van der Waals surface area contributed by atoms with Gasteiger partial charge in [-0.25, -0.2) is 0 Å². The molecule has 0 aromatic heterocycles. The lowest BCUT2D eigenvalue weighted by Crippen LogP contribution is -1.97. The highest BCUT2D eigenvalue weighted by molar-refractivity contribution is 4.85. The number of rotatable bonds is 3. The van der Waals surface area contributed by atoms with E-state index in [4.69, 9.17) is 4.74 Å². The zero-order valence-electron chi connectivity index (χ0n) is 5.85. The highest BCUT2D eigenvalue weighted by Crippen LogP contribution is 1.90. The maximum atomic E-state index is 4.97. The van der Waals surface area contributed by atoms with E-state index in [0.29, 0.717) is 0 Å². The lowest BCUT2D eigenvalue weighted by atomic mass is 10.3. The van der Waals surface area contributed by atoms with Crippen LogP contribution in [0.2, 0.25) is 0 Å². The second-order valence-electron chi connectivity index (χ2n) is 1.78. The van der Waals surface area contributed by atoms with Crippen molar-refractivity contribution in [2.45, 2.75) is 26.4 Å². The fourth-order valence-corrected chi connectivity index (χ4v) is 0.406. The van der Waals surface area contributed by atoms with Crippen LogP contribution in [0.3, 0.4) is 0 Å². The molecular weight excluding hydrogens is 100 g/mol. The molecule has 0 fully saturated rings. The summed E-state index contributed by atoms with van der Waals surface area (Å²) in [6, 6.07) is 0. The van der Waals surface area contributed by atoms with E-state index in [2.05, 4.69) is 19.1 Å². The van der Waals surface area contributed by atoms with Crippen LogP contribution in [0.1, 0.15) is 20.3 Å². The largest absolute Gasteiger partial charge is 0.378 e. The lowest BCUT2D eigenvalue weighted by molar-refractivity contribution is 0.156. The summed E-state index contributed by atoms with van der Waals surface area (Å²) in [7, 11) is 1.71.